The highest BCUT2D eigenvalue weighted by molar-refractivity contribution is 6.30. The number of amides is 2. The van der Waals surface area contributed by atoms with Crippen molar-refractivity contribution in [2.45, 2.75) is 25.4 Å². The zero-order chi connectivity index (χ0) is 14.5. The van der Waals surface area contributed by atoms with Gasteiger partial charge in [0.1, 0.15) is 5.82 Å². The van der Waals surface area contributed by atoms with Crippen LogP contribution in [-0.2, 0) is 0 Å². The molecule has 0 bridgehead atoms. The molecule has 0 aliphatic heterocycles. The lowest BCUT2D eigenvalue weighted by atomic mass is 10.1. The minimum atomic E-state index is -0.962. The van der Waals surface area contributed by atoms with E-state index in [9.17, 15) is 14.3 Å². The van der Waals surface area contributed by atoms with Crippen LogP contribution in [0.4, 0.5) is 9.18 Å². The van der Waals surface area contributed by atoms with Gasteiger partial charge in [0.2, 0.25) is 0 Å². The molecule has 2 amide bonds. The van der Waals surface area contributed by atoms with Gasteiger partial charge in [-0.3, -0.25) is 0 Å². The maximum atomic E-state index is 13.2. The summed E-state index contributed by atoms with van der Waals surface area (Å²) < 4.78 is 13.2. The third-order valence-corrected chi connectivity index (χ3v) is 3.63. The van der Waals surface area contributed by atoms with Crippen molar-refractivity contribution in [1.82, 2.24) is 10.6 Å². The molecule has 1 saturated carbocycles. The number of nitrogens with one attached hydrogen (secondary N) is 2. The fourth-order valence-corrected chi connectivity index (χ4v) is 2.00. The van der Waals surface area contributed by atoms with Crippen molar-refractivity contribution < 1.29 is 14.3 Å². The molecule has 0 spiro atoms. The Morgan fingerprint density at radius 1 is 1.45 bits per heavy atom. The number of aliphatic hydroxyl groups is 1. The van der Waals surface area contributed by atoms with Gasteiger partial charge >= 0.3 is 6.03 Å². The van der Waals surface area contributed by atoms with Gasteiger partial charge in [-0.2, -0.15) is 0 Å². The molecule has 1 atom stereocenters. The maximum absolute atomic E-state index is 13.2. The van der Waals surface area contributed by atoms with E-state index in [0.717, 1.165) is 12.3 Å². The van der Waals surface area contributed by atoms with E-state index in [1.54, 1.807) is 0 Å². The first kappa shape index (κ1) is 15.1. The lowest BCUT2D eigenvalue weighted by Gasteiger charge is -2.13. The van der Waals surface area contributed by atoms with E-state index < -0.39 is 11.9 Å². The summed E-state index contributed by atoms with van der Waals surface area (Å²) in [7, 11) is 0. The summed E-state index contributed by atoms with van der Waals surface area (Å²) in [5, 5.41) is 15.1. The van der Waals surface area contributed by atoms with Gasteiger partial charge in [0, 0.05) is 13.1 Å². The van der Waals surface area contributed by atoms with E-state index in [-0.39, 0.29) is 17.6 Å². The molecular weight excluding hydrogens is 283 g/mol. The molecule has 6 heteroatoms. The molecule has 1 fully saturated rings. The average Bonchev–Trinajstić information content (AvgIpc) is 3.23. The number of carbonyl (C=O) groups excluding carboxylic acids is 1. The number of benzene rings is 1. The number of halogens is 2. The zero-order valence-corrected chi connectivity index (χ0v) is 11.8. The Bertz CT molecular complexity index is 480. The third kappa shape index (κ3) is 4.65. The monoisotopic (exact) mass is 300 g/mol. The summed E-state index contributed by atoms with van der Waals surface area (Å²) in [5.74, 6) is 0.176. The molecule has 1 aliphatic rings. The molecular formula is C14H18ClFN2O2. The van der Waals surface area contributed by atoms with Crippen molar-refractivity contribution in [3.63, 3.8) is 0 Å². The number of rotatable bonds is 6. The summed E-state index contributed by atoms with van der Waals surface area (Å²) in [6, 6.07) is 3.76. The minimum Gasteiger partial charge on any atom is -0.387 e. The molecule has 0 radical (unpaired) electrons. The van der Waals surface area contributed by atoms with Crippen LogP contribution in [0.5, 0.6) is 0 Å². The first-order valence-corrected chi connectivity index (χ1v) is 7.09. The van der Waals surface area contributed by atoms with E-state index in [2.05, 4.69) is 10.6 Å². The van der Waals surface area contributed by atoms with E-state index in [4.69, 9.17) is 11.6 Å². The van der Waals surface area contributed by atoms with Crippen LogP contribution in [0.1, 0.15) is 30.9 Å². The predicted molar refractivity (Wildman–Crippen MR) is 75.1 cm³/mol. The molecule has 0 saturated heterocycles. The maximum Gasteiger partial charge on any atom is 0.314 e. The topological polar surface area (TPSA) is 61.4 Å². The van der Waals surface area contributed by atoms with Crippen molar-refractivity contribution in [1.29, 1.82) is 0 Å². The Labute approximate surface area is 122 Å². The molecule has 1 aliphatic carbocycles. The van der Waals surface area contributed by atoms with Crippen LogP contribution < -0.4 is 10.6 Å². The Hall–Kier alpha value is -1.33. The summed E-state index contributed by atoms with van der Waals surface area (Å²) in [6.07, 6.45) is 2.54. The number of aliphatic hydroxyl groups excluding tert-OH is 1. The highest BCUT2D eigenvalue weighted by Crippen LogP contribution is 2.31. The SMILES string of the molecule is O=C(NCCC1CC1)NCC(O)c1ccc(Cl)c(F)c1. The molecule has 20 heavy (non-hydrogen) atoms. The van der Waals surface area contributed by atoms with Crippen molar-refractivity contribution in [3.8, 4) is 0 Å². The van der Waals surface area contributed by atoms with Gasteiger partial charge in [-0.15, -0.1) is 0 Å². The number of urea groups is 1. The van der Waals surface area contributed by atoms with Gasteiger partial charge in [-0.1, -0.05) is 30.5 Å². The largest absolute Gasteiger partial charge is 0.387 e. The van der Waals surface area contributed by atoms with Crippen LogP contribution in [0.3, 0.4) is 0 Å². The highest BCUT2D eigenvalue weighted by Gasteiger charge is 2.20. The van der Waals surface area contributed by atoms with Crippen molar-refractivity contribution in [2.24, 2.45) is 5.92 Å². The first-order valence-electron chi connectivity index (χ1n) is 6.71. The molecule has 1 unspecified atom stereocenters. The van der Waals surface area contributed by atoms with E-state index in [1.807, 2.05) is 0 Å². The average molecular weight is 301 g/mol. The van der Waals surface area contributed by atoms with Crippen molar-refractivity contribution in [2.75, 3.05) is 13.1 Å². The van der Waals surface area contributed by atoms with Crippen LogP contribution in [-0.4, -0.2) is 24.2 Å². The lowest BCUT2D eigenvalue weighted by Crippen LogP contribution is -2.38. The smallest absolute Gasteiger partial charge is 0.314 e. The Balaban J connectivity index is 1.71. The standard InChI is InChI=1S/C14H18ClFN2O2/c15-11-4-3-10(7-12(11)16)13(19)8-18-14(20)17-6-5-9-1-2-9/h3-4,7,9,13,19H,1-2,5-6,8H2,(H2,17,18,20). The highest BCUT2D eigenvalue weighted by atomic mass is 35.5. The first-order chi connectivity index (χ1) is 9.56. The predicted octanol–water partition coefficient (Wildman–Crippen LogP) is 2.61. The molecule has 1 aromatic carbocycles. The summed E-state index contributed by atoms with van der Waals surface area (Å²) in [6.45, 7) is 0.665. The molecule has 0 heterocycles. The quantitative estimate of drug-likeness (QED) is 0.756. The zero-order valence-electron chi connectivity index (χ0n) is 11.0. The second-order valence-corrected chi connectivity index (χ2v) is 5.47. The number of hydrogen-bond acceptors (Lipinski definition) is 2. The normalized spacial score (nSPS) is 15.8. The summed E-state index contributed by atoms with van der Waals surface area (Å²) >= 11 is 5.56. The Morgan fingerprint density at radius 2 is 2.20 bits per heavy atom. The van der Waals surface area contributed by atoms with E-state index in [1.165, 1.54) is 31.0 Å². The van der Waals surface area contributed by atoms with Crippen LogP contribution in [0.25, 0.3) is 0 Å². The molecule has 2 rings (SSSR count). The van der Waals surface area contributed by atoms with Gasteiger partial charge in [0.15, 0.2) is 0 Å². The van der Waals surface area contributed by atoms with Gasteiger partial charge in [-0.25, -0.2) is 9.18 Å². The molecule has 0 aromatic heterocycles. The van der Waals surface area contributed by atoms with Gasteiger partial charge < -0.3 is 15.7 Å². The molecule has 3 N–H and O–H groups in total. The second kappa shape index (κ2) is 6.90. The van der Waals surface area contributed by atoms with Crippen molar-refractivity contribution in [3.05, 3.63) is 34.6 Å². The van der Waals surface area contributed by atoms with E-state index >= 15 is 0 Å². The molecule has 1 aromatic rings. The number of carbonyl (C=O) groups is 1. The fourth-order valence-electron chi connectivity index (χ4n) is 1.89. The molecule has 4 nitrogen and oxygen atoms in total. The van der Waals surface area contributed by atoms with Gasteiger partial charge in [-0.05, 0) is 30.0 Å². The summed E-state index contributed by atoms with van der Waals surface area (Å²) in [4.78, 5) is 11.5. The van der Waals surface area contributed by atoms with Crippen LogP contribution in [0.15, 0.2) is 18.2 Å². The second-order valence-electron chi connectivity index (χ2n) is 5.06. The van der Waals surface area contributed by atoms with Gasteiger partial charge in [0.05, 0.1) is 11.1 Å². The summed E-state index contributed by atoms with van der Waals surface area (Å²) in [5.41, 5.74) is 0.380. The van der Waals surface area contributed by atoms with Crippen molar-refractivity contribution >= 4 is 17.6 Å². The lowest BCUT2D eigenvalue weighted by molar-refractivity contribution is 0.172. The third-order valence-electron chi connectivity index (χ3n) is 3.32. The number of hydrogen-bond donors (Lipinski definition) is 3. The van der Waals surface area contributed by atoms with Crippen LogP contribution in [0.2, 0.25) is 5.02 Å². The van der Waals surface area contributed by atoms with Crippen LogP contribution >= 0.6 is 11.6 Å². The minimum absolute atomic E-state index is 0.00623. The fraction of sp³-hybridized carbons (Fsp3) is 0.500. The Morgan fingerprint density at radius 3 is 2.85 bits per heavy atom. The van der Waals surface area contributed by atoms with Gasteiger partial charge in [0.25, 0.3) is 0 Å². The van der Waals surface area contributed by atoms with Crippen LogP contribution in [0, 0.1) is 11.7 Å². The van der Waals surface area contributed by atoms with E-state index in [0.29, 0.717) is 12.1 Å². The Kier molecular flexibility index (Phi) is 5.20. The molecule has 110 valence electrons.